The number of nitrogens with zero attached hydrogens (tertiary/aromatic N) is 4. The maximum atomic E-state index is 12.2. The number of aryl methyl sites for hydroxylation is 1. The summed E-state index contributed by atoms with van der Waals surface area (Å²) < 4.78 is 1.66. The highest BCUT2D eigenvalue weighted by atomic mass is 16.1. The van der Waals surface area contributed by atoms with Crippen LogP contribution < -0.4 is 5.32 Å². The lowest BCUT2D eigenvalue weighted by atomic mass is 10.0. The molecule has 2 heterocycles. The van der Waals surface area contributed by atoms with Crippen molar-refractivity contribution in [3.05, 3.63) is 84.4 Å². The summed E-state index contributed by atoms with van der Waals surface area (Å²) in [6, 6.07) is 18.4. The van der Waals surface area contributed by atoms with Crippen LogP contribution in [-0.4, -0.2) is 32.0 Å². The first-order chi connectivity index (χ1) is 13.8. The van der Waals surface area contributed by atoms with E-state index in [1.54, 1.807) is 10.7 Å². The van der Waals surface area contributed by atoms with Crippen LogP contribution in [0.3, 0.4) is 0 Å². The van der Waals surface area contributed by atoms with Gasteiger partial charge in [0.15, 0.2) is 0 Å². The monoisotopic (exact) mass is 371 g/mol. The normalized spacial score (nSPS) is 10.9. The number of hydrogen-bond donors (Lipinski definition) is 1. The second-order valence-electron chi connectivity index (χ2n) is 6.66. The summed E-state index contributed by atoms with van der Waals surface area (Å²) >= 11 is 0. The molecule has 28 heavy (non-hydrogen) atoms. The molecule has 2 aromatic carbocycles. The SMILES string of the molecule is O=C(Cc1ccc(-c2ccccc2)cc1)NCCCc1cnc2ncnn2c1. The molecule has 0 radical (unpaired) electrons. The average Bonchev–Trinajstić information content (AvgIpc) is 3.20. The summed E-state index contributed by atoms with van der Waals surface area (Å²) in [7, 11) is 0. The maximum absolute atomic E-state index is 12.2. The number of rotatable bonds is 7. The van der Waals surface area contributed by atoms with Gasteiger partial charge in [-0.3, -0.25) is 4.79 Å². The lowest BCUT2D eigenvalue weighted by Gasteiger charge is -2.07. The van der Waals surface area contributed by atoms with Gasteiger partial charge in [0.25, 0.3) is 5.78 Å². The third-order valence-corrected chi connectivity index (χ3v) is 4.58. The fraction of sp³-hybridized carbons (Fsp3) is 0.182. The Kier molecular flexibility index (Phi) is 5.38. The van der Waals surface area contributed by atoms with E-state index < -0.39 is 0 Å². The van der Waals surface area contributed by atoms with E-state index in [0.29, 0.717) is 18.7 Å². The molecule has 0 bridgehead atoms. The number of fused-ring (bicyclic) bond motifs is 1. The first-order valence-electron chi connectivity index (χ1n) is 9.33. The van der Waals surface area contributed by atoms with Crippen LogP contribution >= 0.6 is 0 Å². The molecule has 0 aliphatic heterocycles. The maximum Gasteiger partial charge on any atom is 0.252 e. The summed E-state index contributed by atoms with van der Waals surface area (Å²) in [5, 5.41) is 7.07. The van der Waals surface area contributed by atoms with E-state index in [0.717, 1.165) is 29.5 Å². The van der Waals surface area contributed by atoms with Gasteiger partial charge in [-0.1, -0.05) is 54.6 Å². The molecule has 0 aliphatic carbocycles. The summed E-state index contributed by atoms with van der Waals surface area (Å²) in [6.07, 6.45) is 7.28. The highest BCUT2D eigenvalue weighted by molar-refractivity contribution is 5.78. The molecule has 2 aromatic heterocycles. The Bertz CT molecular complexity index is 1060. The van der Waals surface area contributed by atoms with E-state index in [4.69, 9.17) is 0 Å². The van der Waals surface area contributed by atoms with Crippen LogP contribution in [0.15, 0.2) is 73.3 Å². The van der Waals surface area contributed by atoms with Crippen LogP contribution in [-0.2, 0) is 17.6 Å². The number of carbonyl (C=O) groups excluding carboxylic acids is 1. The molecule has 0 aliphatic rings. The second kappa shape index (κ2) is 8.43. The van der Waals surface area contributed by atoms with Crippen LogP contribution in [0.25, 0.3) is 16.9 Å². The summed E-state index contributed by atoms with van der Waals surface area (Å²) in [5.74, 6) is 0.632. The molecule has 0 spiro atoms. The van der Waals surface area contributed by atoms with Crippen molar-refractivity contribution in [3.8, 4) is 11.1 Å². The smallest absolute Gasteiger partial charge is 0.252 e. The third-order valence-electron chi connectivity index (χ3n) is 4.58. The van der Waals surface area contributed by atoms with Crippen LogP contribution in [0, 0.1) is 0 Å². The van der Waals surface area contributed by atoms with Gasteiger partial charge in [0.05, 0.1) is 6.42 Å². The van der Waals surface area contributed by atoms with Crippen molar-refractivity contribution in [1.29, 1.82) is 0 Å². The summed E-state index contributed by atoms with van der Waals surface area (Å²) in [4.78, 5) is 20.4. The van der Waals surface area contributed by atoms with Gasteiger partial charge in [-0.25, -0.2) is 9.50 Å². The zero-order chi connectivity index (χ0) is 19.2. The Labute approximate surface area is 163 Å². The highest BCUT2D eigenvalue weighted by Gasteiger charge is 2.05. The average molecular weight is 371 g/mol. The predicted octanol–water partition coefficient (Wildman–Crippen LogP) is 3.08. The molecule has 0 unspecified atom stereocenters. The van der Waals surface area contributed by atoms with E-state index in [1.165, 1.54) is 11.9 Å². The minimum absolute atomic E-state index is 0.0392. The molecule has 1 amide bonds. The van der Waals surface area contributed by atoms with E-state index in [1.807, 2.05) is 36.5 Å². The van der Waals surface area contributed by atoms with Gasteiger partial charge >= 0.3 is 0 Å². The fourth-order valence-corrected chi connectivity index (χ4v) is 3.10. The molecule has 0 saturated heterocycles. The molecule has 0 saturated carbocycles. The molecule has 4 aromatic rings. The van der Waals surface area contributed by atoms with Crippen molar-refractivity contribution in [1.82, 2.24) is 24.9 Å². The van der Waals surface area contributed by atoms with E-state index in [-0.39, 0.29) is 5.91 Å². The fourth-order valence-electron chi connectivity index (χ4n) is 3.10. The first-order valence-corrected chi connectivity index (χ1v) is 9.33. The molecule has 0 fully saturated rings. The Hall–Kier alpha value is -3.54. The van der Waals surface area contributed by atoms with Gasteiger partial charge < -0.3 is 5.32 Å². The van der Waals surface area contributed by atoms with Gasteiger partial charge in [0.1, 0.15) is 6.33 Å². The second-order valence-corrected chi connectivity index (χ2v) is 6.66. The molecule has 1 N–H and O–H groups in total. The van der Waals surface area contributed by atoms with Crippen molar-refractivity contribution >= 4 is 11.7 Å². The zero-order valence-corrected chi connectivity index (χ0v) is 15.5. The Morgan fingerprint density at radius 1 is 0.929 bits per heavy atom. The first kappa shape index (κ1) is 17.9. The summed E-state index contributed by atoms with van der Waals surface area (Å²) in [6.45, 7) is 0.635. The number of benzene rings is 2. The van der Waals surface area contributed by atoms with E-state index >= 15 is 0 Å². The Morgan fingerprint density at radius 3 is 2.54 bits per heavy atom. The highest BCUT2D eigenvalue weighted by Crippen LogP contribution is 2.19. The minimum Gasteiger partial charge on any atom is -0.356 e. The quantitative estimate of drug-likeness (QED) is 0.507. The van der Waals surface area contributed by atoms with Crippen molar-refractivity contribution in [2.24, 2.45) is 0 Å². The molecule has 0 atom stereocenters. The third kappa shape index (κ3) is 4.40. The van der Waals surface area contributed by atoms with Gasteiger partial charge in [-0.05, 0) is 35.1 Å². The van der Waals surface area contributed by atoms with Crippen LogP contribution in [0.2, 0.25) is 0 Å². The van der Waals surface area contributed by atoms with Gasteiger partial charge in [0.2, 0.25) is 5.91 Å². The van der Waals surface area contributed by atoms with Crippen molar-refractivity contribution in [2.75, 3.05) is 6.54 Å². The molecular formula is C22H21N5O. The number of hydrogen-bond acceptors (Lipinski definition) is 4. The van der Waals surface area contributed by atoms with Crippen LogP contribution in [0.5, 0.6) is 0 Å². The van der Waals surface area contributed by atoms with Crippen molar-refractivity contribution in [3.63, 3.8) is 0 Å². The van der Waals surface area contributed by atoms with Gasteiger partial charge in [-0.2, -0.15) is 10.1 Å². The number of nitrogens with one attached hydrogen (secondary N) is 1. The minimum atomic E-state index is 0.0392. The predicted molar refractivity (Wildman–Crippen MR) is 108 cm³/mol. The number of carbonyl (C=O) groups is 1. The zero-order valence-electron chi connectivity index (χ0n) is 15.5. The molecular weight excluding hydrogens is 350 g/mol. The Morgan fingerprint density at radius 2 is 1.71 bits per heavy atom. The van der Waals surface area contributed by atoms with Crippen LogP contribution in [0.1, 0.15) is 17.5 Å². The van der Waals surface area contributed by atoms with Crippen LogP contribution in [0.4, 0.5) is 0 Å². The molecule has 4 rings (SSSR count). The summed E-state index contributed by atoms with van der Waals surface area (Å²) in [5.41, 5.74) is 4.42. The Balaban J connectivity index is 1.23. The van der Waals surface area contributed by atoms with E-state index in [9.17, 15) is 4.79 Å². The number of aromatic nitrogens is 4. The lowest BCUT2D eigenvalue weighted by molar-refractivity contribution is -0.120. The largest absolute Gasteiger partial charge is 0.356 e. The number of amides is 1. The topological polar surface area (TPSA) is 72.2 Å². The van der Waals surface area contributed by atoms with Gasteiger partial charge in [0, 0.05) is 18.9 Å². The van der Waals surface area contributed by atoms with Crippen molar-refractivity contribution in [2.45, 2.75) is 19.3 Å². The molecule has 140 valence electrons. The van der Waals surface area contributed by atoms with E-state index in [2.05, 4.69) is 44.6 Å². The molecule has 6 nitrogen and oxygen atoms in total. The lowest BCUT2D eigenvalue weighted by Crippen LogP contribution is -2.26. The van der Waals surface area contributed by atoms with Gasteiger partial charge in [-0.15, -0.1) is 0 Å². The van der Waals surface area contributed by atoms with Crippen molar-refractivity contribution < 1.29 is 4.79 Å². The standard InChI is InChI=1S/C22H21N5O/c28-21(13-17-8-10-20(11-9-17)19-6-2-1-3-7-19)23-12-4-5-18-14-24-22-25-16-26-27(22)15-18/h1-3,6-11,14-16H,4-5,12-13H2,(H,23,28). The molecule has 6 heteroatoms.